The van der Waals surface area contributed by atoms with Gasteiger partial charge in [0, 0.05) is 11.6 Å². The summed E-state index contributed by atoms with van der Waals surface area (Å²) < 4.78 is 10.8. The predicted octanol–water partition coefficient (Wildman–Crippen LogP) is 3.61. The number of rotatable bonds is 7. The molecular formula is C18H20ClNO3. The van der Waals surface area contributed by atoms with E-state index in [0.29, 0.717) is 29.7 Å². The Morgan fingerprint density at radius 2 is 1.96 bits per heavy atom. The topological polar surface area (TPSA) is 47.6 Å². The molecule has 0 aliphatic carbocycles. The molecule has 0 bridgehead atoms. The molecule has 0 saturated heterocycles. The lowest BCUT2D eigenvalue weighted by molar-refractivity contribution is -0.120. The van der Waals surface area contributed by atoms with Crippen molar-refractivity contribution in [2.24, 2.45) is 0 Å². The van der Waals surface area contributed by atoms with E-state index in [9.17, 15) is 4.79 Å². The molecule has 0 unspecified atom stereocenters. The average molecular weight is 334 g/mol. The summed E-state index contributed by atoms with van der Waals surface area (Å²) in [7, 11) is 1.60. The molecule has 5 heteroatoms. The van der Waals surface area contributed by atoms with Gasteiger partial charge in [0.15, 0.2) is 11.5 Å². The van der Waals surface area contributed by atoms with Crippen LogP contribution in [-0.2, 0) is 17.8 Å². The first-order valence-electron chi connectivity index (χ1n) is 7.43. The van der Waals surface area contributed by atoms with Gasteiger partial charge in [-0.3, -0.25) is 4.79 Å². The van der Waals surface area contributed by atoms with Crippen molar-refractivity contribution in [2.75, 3.05) is 13.7 Å². The number of carbonyl (C=O) groups excluding carboxylic acids is 1. The maximum absolute atomic E-state index is 12.0. The Morgan fingerprint density at radius 3 is 2.65 bits per heavy atom. The third-order valence-electron chi connectivity index (χ3n) is 3.33. The Hall–Kier alpha value is -2.20. The zero-order valence-corrected chi connectivity index (χ0v) is 14.0. The van der Waals surface area contributed by atoms with Crippen LogP contribution in [0.2, 0.25) is 5.02 Å². The van der Waals surface area contributed by atoms with Crippen molar-refractivity contribution in [2.45, 2.75) is 19.9 Å². The van der Waals surface area contributed by atoms with Gasteiger partial charge in [-0.05, 0) is 36.2 Å². The van der Waals surface area contributed by atoms with E-state index in [0.717, 1.165) is 11.1 Å². The molecule has 0 heterocycles. The molecule has 0 saturated carbocycles. The maximum atomic E-state index is 12.0. The fourth-order valence-corrected chi connectivity index (χ4v) is 2.38. The Bertz CT molecular complexity index is 673. The Morgan fingerprint density at radius 1 is 1.17 bits per heavy atom. The maximum Gasteiger partial charge on any atom is 0.224 e. The van der Waals surface area contributed by atoms with E-state index in [1.54, 1.807) is 13.2 Å². The second-order valence-corrected chi connectivity index (χ2v) is 5.37. The van der Waals surface area contributed by atoms with E-state index in [2.05, 4.69) is 5.32 Å². The largest absolute Gasteiger partial charge is 0.493 e. The summed E-state index contributed by atoms with van der Waals surface area (Å²) in [5.41, 5.74) is 1.76. The first kappa shape index (κ1) is 17.2. The molecule has 0 aliphatic heterocycles. The molecule has 2 rings (SSSR count). The number of halogens is 1. The van der Waals surface area contributed by atoms with Crippen molar-refractivity contribution in [3.8, 4) is 11.5 Å². The molecule has 2 aromatic rings. The van der Waals surface area contributed by atoms with Crippen LogP contribution in [0, 0.1) is 0 Å². The zero-order chi connectivity index (χ0) is 16.7. The van der Waals surface area contributed by atoms with Gasteiger partial charge < -0.3 is 14.8 Å². The molecule has 1 amide bonds. The minimum Gasteiger partial charge on any atom is -0.493 e. The van der Waals surface area contributed by atoms with Crippen molar-refractivity contribution in [1.82, 2.24) is 5.32 Å². The van der Waals surface area contributed by atoms with Gasteiger partial charge in [-0.2, -0.15) is 0 Å². The standard InChI is InChI=1S/C18H20ClNO3/c1-3-23-17-10-13(8-9-16(17)22-2)12-20-18(21)11-14-6-4-5-7-15(14)19/h4-10H,3,11-12H2,1-2H3,(H,20,21). The smallest absolute Gasteiger partial charge is 0.224 e. The van der Waals surface area contributed by atoms with Crippen LogP contribution in [0.25, 0.3) is 0 Å². The zero-order valence-electron chi connectivity index (χ0n) is 13.3. The Balaban J connectivity index is 1.96. The van der Waals surface area contributed by atoms with Crippen molar-refractivity contribution >= 4 is 17.5 Å². The molecule has 23 heavy (non-hydrogen) atoms. The van der Waals surface area contributed by atoms with Gasteiger partial charge in [0.1, 0.15) is 0 Å². The quantitative estimate of drug-likeness (QED) is 0.842. The van der Waals surface area contributed by atoms with Gasteiger partial charge in [-0.25, -0.2) is 0 Å². The lowest BCUT2D eigenvalue weighted by atomic mass is 10.1. The SMILES string of the molecule is CCOc1cc(CNC(=O)Cc2ccccc2Cl)ccc1OC. The number of hydrogen-bond acceptors (Lipinski definition) is 3. The van der Waals surface area contributed by atoms with Crippen molar-refractivity contribution in [3.63, 3.8) is 0 Å². The summed E-state index contributed by atoms with van der Waals surface area (Å²) in [5.74, 6) is 1.28. The molecule has 122 valence electrons. The molecule has 0 spiro atoms. The van der Waals surface area contributed by atoms with E-state index in [4.69, 9.17) is 21.1 Å². The van der Waals surface area contributed by atoms with Gasteiger partial charge in [0.25, 0.3) is 0 Å². The van der Waals surface area contributed by atoms with E-state index < -0.39 is 0 Å². The summed E-state index contributed by atoms with van der Waals surface area (Å²) in [6.07, 6.45) is 0.258. The van der Waals surface area contributed by atoms with Gasteiger partial charge in [0.2, 0.25) is 5.91 Å². The highest BCUT2D eigenvalue weighted by Gasteiger charge is 2.08. The fraction of sp³-hybridized carbons (Fsp3) is 0.278. The minimum absolute atomic E-state index is 0.0770. The molecule has 0 atom stereocenters. The third-order valence-corrected chi connectivity index (χ3v) is 3.70. The second-order valence-electron chi connectivity index (χ2n) is 4.96. The lowest BCUT2D eigenvalue weighted by Gasteiger charge is -2.12. The van der Waals surface area contributed by atoms with Crippen LogP contribution in [0.4, 0.5) is 0 Å². The Labute approximate surface area is 141 Å². The van der Waals surface area contributed by atoms with E-state index in [1.807, 2.05) is 43.3 Å². The van der Waals surface area contributed by atoms with Gasteiger partial charge in [0.05, 0.1) is 20.1 Å². The fourth-order valence-electron chi connectivity index (χ4n) is 2.18. The van der Waals surface area contributed by atoms with Crippen LogP contribution < -0.4 is 14.8 Å². The summed E-state index contributed by atoms with van der Waals surface area (Å²) in [4.78, 5) is 12.0. The van der Waals surface area contributed by atoms with Gasteiger partial charge >= 0.3 is 0 Å². The van der Waals surface area contributed by atoms with Crippen LogP contribution in [0.15, 0.2) is 42.5 Å². The average Bonchev–Trinajstić information content (AvgIpc) is 2.55. The van der Waals surface area contributed by atoms with E-state index in [-0.39, 0.29) is 12.3 Å². The first-order valence-corrected chi connectivity index (χ1v) is 7.81. The van der Waals surface area contributed by atoms with Crippen LogP contribution in [0.5, 0.6) is 11.5 Å². The summed E-state index contributed by atoms with van der Waals surface area (Å²) in [6, 6.07) is 12.9. The number of hydrogen-bond donors (Lipinski definition) is 1. The monoisotopic (exact) mass is 333 g/mol. The molecule has 0 aromatic heterocycles. The summed E-state index contributed by atoms with van der Waals surface area (Å²) in [5, 5.41) is 3.49. The van der Waals surface area contributed by atoms with Crippen molar-refractivity contribution < 1.29 is 14.3 Å². The molecule has 0 fully saturated rings. The number of methoxy groups -OCH3 is 1. The van der Waals surface area contributed by atoms with Gasteiger partial charge in [-0.1, -0.05) is 35.9 Å². The van der Waals surface area contributed by atoms with Crippen molar-refractivity contribution in [3.05, 3.63) is 58.6 Å². The number of nitrogens with one attached hydrogen (secondary N) is 1. The highest BCUT2D eigenvalue weighted by molar-refractivity contribution is 6.31. The van der Waals surface area contributed by atoms with Crippen LogP contribution >= 0.6 is 11.6 Å². The van der Waals surface area contributed by atoms with Crippen LogP contribution in [0.3, 0.4) is 0 Å². The lowest BCUT2D eigenvalue weighted by Crippen LogP contribution is -2.24. The summed E-state index contributed by atoms with van der Waals surface area (Å²) in [6.45, 7) is 2.89. The normalized spacial score (nSPS) is 10.2. The Kier molecular flexibility index (Phi) is 6.29. The number of benzene rings is 2. The molecule has 1 N–H and O–H groups in total. The third kappa shape index (κ3) is 4.89. The molecule has 0 radical (unpaired) electrons. The van der Waals surface area contributed by atoms with Crippen molar-refractivity contribution in [1.29, 1.82) is 0 Å². The van der Waals surface area contributed by atoms with Crippen LogP contribution in [0.1, 0.15) is 18.1 Å². The molecular weight excluding hydrogens is 314 g/mol. The van der Waals surface area contributed by atoms with E-state index in [1.165, 1.54) is 0 Å². The number of ether oxygens (including phenoxy) is 2. The molecule has 2 aromatic carbocycles. The van der Waals surface area contributed by atoms with Gasteiger partial charge in [-0.15, -0.1) is 0 Å². The summed E-state index contributed by atoms with van der Waals surface area (Å²) >= 11 is 6.06. The number of amides is 1. The molecule has 4 nitrogen and oxygen atoms in total. The van der Waals surface area contributed by atoms with E-state index >= 15 is 0 Å². The molecule has 0 aliphatic rings. The highest BCUT2D eigenvalue weighted by atomic mass is 35.5. The second kappa shape index (κ2) is 8.44. The highest BCUT2D eigenvalue weighted by Crippen LogP contribution is 2.28. The first-order chi connectivity index (χ1) is 11.1. The predicted molar refractivity (Wildman–Crippen MR) is 91.2 cm³/mol. The minimum atomic E-state index is -0.0770. The van der Waals surface area contributed by atoms with Crippen LogP contribution in [-0.4, -0.2) is 19.6 Å². The number of carbonyl (C=O) groups is 1.